The second-order valence-electron chi connectivity index (χ2n) is 5.09. The van der Waals surface area contributed by atoms with E-state index in [4.69, 9.17) is 5.73 Å². The summed E-state index contributed by atoms with van der Waals surface area (Å²) in [4.78, 5) is 12.3. The highest BCUT2D eigenvalue weighted by molar-refractivity contribution is 8.00. The first-order valence-electron chi connectivity index (χ1n) is 6.45. The molecule has 3 N–H and O–H groups in total. The molecule has 0 saturated heterocycles. The van der Waals surface area contributed by atoms with Gasteiger partial charge in [0.05, 0.1) is 6.04 Å². The summed E-state index contributed by atoms with van der Waals surface area (Å²) in [6.45, 7) is 3.90. The normalized spacial score (nSPS) is 13.0. The van der Waals surface area contributed by atoms with Crippen molar-refractivity contribution >= 4 is 34.2 Å². The highest BCUT2D eigenvalue weighted by Crippen LogP contribution is 2.30. The van der Waals surface area contributed by atoms with Crippen molar-refractivity contribution in [3.63, 3.8) is 0 Å². The smallest absolute Gasteiger partial charge is 0.243 e. The molecule has 7 heteroatoms. The zero-order chi connectivity index (χ0) is 15.5. The first-order valence-corrected chi connectivity index (χ1v) is 8.45. The number of rotatable bonds is 5. The van der Waals surface area contributed by atoms with Gasteiger partial charge in [-0.25, -0.2) is 0 Å². The van der Waals surface area contributed by atoms with Crippen molar-refractivity contribution in [3.8, 4) is 11.3 Å². The number of aromatic nitrogens is 2. The fourth-order valence-electron chi connectivity index (χ4n) is 1.69. The van der Waals surface area contributed by atoms with E-state index in [0.717, 1.165) is 17.1 Å². The van der Waals surface area contributed by atoms with Crippen LogP contribution in [0.1, 0.15) is 13.8 Å². The molecular formula is C14H18N4OS2. The van der Waals surface area contributed by atoms with Crippen LogP contribution in [0, 0.1) is 0 Å². The first-order chi connectivity index (χ1) is 9.95. The number of nitrogens with one attached hydrogen (secondary N) is 1. The molecule has 1 heterocycles. The van der Waals surface area contributed by atoms with Gasteiger partial charge in [-0.2, -0.15) is 11.8 Å². The molecule has 0 fully saturated rings. The number of carbonyl (C=O) groups is 1. The summed E-state index contributed by atoms with van der Waals surface area (Å²) >= 11 is 2.72. The fraction of sp³-hybridized carbons (Fsp3) is 0.357. The molecule has 0 spiro atoms. The summed E-state index contributed by atoms with van der Waals surface area (Å²) in [7, 11) is 0. The maximum absolute atomic E-state index is 12.3. The van der Waals surface area contributed by atoms with Gasteiger partial charge in [0, 0.05) is 21.8 Å². The molecule has 0 bridgehead atoms. The number of nitrogens with two attached hydrogens (primary N) is 1. The van der Waals surface area contributed by atoms with Crippen LogP contribution in [0.4, 0.5) is 5.00 Å². The summed E-state index contributed by atoms with van der Waals surface area (Å²) in [5.74, 6) is -0.224. The van der Waals surface area contributed by atoms with Gasteiger partial charge in [0.25, 0.3) is 0 Å². The Morgan fingerprint density at radius 3 is 2.67 bits per heavy atom. The van der Waals surface area contributed by atoms with Crippen molar-refractivity contribution in [2.45, 2.75) is 24.6 Å². The van der Waals surface area contributed by atoms with Crippen molar-refractivity contribution < 1.29 is 4.79 Å². The maximum atomic E-state index is 12.3. The van der Waals surface area contributed by atoms with E-state index in [9.17, 15) is 4.79 Å². The highest BCUT2D eigenvalue weighted by Gasteiger charge is 2.32. The summed E-state index contributed by atoms with van der Waals surface area (Å²) in [6, 6.07) is 9.01. The monoisotopic (exact) mass is 322 g/mol. The lowest BCUT2D eigenvalue weighted by molar-refractivity contribution is -0.117. The van der Waals surface area contributed by atoms with Gasteiger partial charge in [0.15, 0.2) is 0 Å². The van der Waals surface area contributed by atoms with Crippen LogP contribution in [0.2, 0.25) is 0 Å². The highest BCUT2D eigenvalue weighted by atomic mass is 32.2. The van der Waals surface area contributed by atoms with Gasteiger partial charge in [-0.05, 0) is 20.1 Å². The molecular weight excluding hydrogens is 304 g/mol. The number of carbonyl (C=O) groups excluding carboxylic acids is 1. The van der Waals surface area contributed by atoms with E-state index in [1.54, 1.807) is 11.8 Å². The standard InChI is InChI=1S/C14H18N4OS2/c1-14(2,20-3)11(15)12(19)16-13-10(17-18-21-13)9-7-5-4-6-8-9/h4-8,11H,15H2,1-3H3,(H,16,19)/t11-/m1/s1. The molecule has 1 aromatic heterocycles. The van der Waals surface area contributed by atoms with Crippen LogP contribution in [-0.4, -0.2) is 32.5 Å². The molecule has 0 aliphatic rings. The van der Waals surface area contributed by atoms with E-state index in [1.165, 1.54) is 0 Å². The number of nitrogens with zero attached hydrogens (tertiary/aromatic N) is 2. The third-order valence-electron chi connectivity index (χ3n) is 3.33. The third-order valence-corrected chi connectivity index (χ3v) is 5.28. The molecule has 5 nitrogen and oxygen atoms in total. The molecule has 0 aliphatic heterocycles. The number of anilines is 1. The molecule has 1 amide bonds. The van der Waals surface area contributed by atoms with Gasteiger partial charge in [-0.15, -0.1) is 5.10 Å². The van der Waals surface area contributed by atoms with E-state index in [0.29, 0.717) is 10.7 Å². The Hall–Kier alpha value is -1.44. The van der Waals surface area contributed by atoms with Gasteiger partial charge in [0.2, 0.25) is 5.91 Å². The van der Waals surface area contributed by atoms with Crippen LogP contribution in [0.3, 0.4) is 0 Å². The van der Waals surface area contributed by atoms with E-state index in [-0.39, 0.29) is 10.7 Å². The quantitative estimate of drug-likeness (QED) is 0.884. The first kappa shape index (κ1) is 15.9. The fourth-order valence-corrected chi connectivity index (χ4v) is 2.65. The number of thioether (sulfide) groups is 1. The Balaban J connectivity index is 2.19. The second-order valence-corrected chi connectivity index (χ2v) is 7.31. The molecule has 2 aromatic rings. The van der Waals surface area contributed by atoms with Crippen molar-refractivity contribution in [2.24, 2.45) is 5.73 Å². The Kier molecular flexibility index (Phi) is 4.97. The second kappa shape index (κ2) is 6.55. The minimum Gasteiger partial charge on any atom is -0.319 e. The Morgan fingerprint density at radius 2 is 2.05 bits per heavy atom. The van der Waals surface area contributed by atoms with Crippen molar-refractivity contribution in [1.29, 1.82) is 0 Å². The van der Waals surface area contributed by atoms with Crippen LogP contribution in [0.15, 0.2) is 30.3 Å². The Labute approximate surface area is 132 Å². The molecule has 112 valence electrons. The van der Waals surface area contributed by atoms with Crippen molar-refractivity contribution in [3.05, 3.63) is 30.3 Å². The number of amides is 1. The zero-order valence-corrected chi connectivity index (χ0v) is 13.8. The van der Waals surface area contributed by atoms with Crippen molar-refractivity contribution in [1.82, 2.24) is 9.59 Å². The third kappa shape index (κ3) is 3.61. The molecule has 1 aromatic carbocycles. The average molecular weight is 322 g/mol. The Morgan fingerprint density at radius 1 is 1.38 bits per heavy atom. The molecule has 21 heavy (non-hydrogen) atoms. The predicted octanol–water partition coefficient (Wildman–Crippen LogP) is 2.61. The Bertz CT molecular complexity index is 612. The van der Waals surface area contributed by atoms with Gasteiger partial charge < -0.3 is 11.1 Å². The summed E-state index contributed by atoms with van der Waals surface area (Å²) < 4.78 is 3.59. The predicted molar refractivity (Wildman–Crippen MR) is 89.5 cm³/mol. The number of benzene rings is 1. The molecule has 0 unspecified atom stereocenters. The minimum atomic E-state index is -0.613. The van der Waals surface area contributed by atoms with Crippen LogP contribution in [0.5, 0.6) is 0 Å². The number of hydrogen-bond acceptors (Lipinski definition) is 6. The average Bonchev–Trinajstić information content (AvgIpc) is 2.95. The van der Waals surface area contributed by atoms with Crippen LogP contribution < -0.4 is 11.1 Å². The van der Waals surface area contributed by atoms with E-state index in [2.05, 4.69) is 14.9 Å². The van der Waals surface area contributed by atoms with Crippen molar-refractivity contribution in [2.75, 3.05) is 11.6 Å². The lowest BCUT2D eigenvalue weighted by Gasteiger charge is -2.28. The summed E-state index contributed by atoms with van der Waals surface area (Å²) in [5.41, 5.74) is 7.63. The largest absolute Gasteiger partial charge is 0.319 e. The summed E-state index contributed by atoms with van der Waals surface area (Å²) in [5, 5.41) is 7.56. The van der Waals surface area contributed by atoms with E-state index >= 15 is 0 Å². The van der Waals surface area contributed by atoms with Crippen LogP contribution in [-0.2, 0) is 4.79 Å². The van der Waals surface area contributed by atoms with E-state index < -0.39 is 6.04 Å². The maximum Gasteiger partial charge on any atom is 0.243 e. The van der Waals surface area contributed by atoms with E-state index in [1.807, 2.05) is 50.4 Å². The molecule has 0 saturated carbocycles. The summed E-state index contributed by atoms with van der Waals surface area (Å²) in [6.07, 6.45) is 1.94. The zero-order valence-electron chi connectivity index (χ0n) is 12.2. The molecule has 0 radical (unpaired) electrons. The van der Waals surface area contributed by atoms with Gasteiger partial charge in [-0.3, -0.25) is 4.79 Å². The molecule has 2 rings (SSSR count). The lowest BCUT2D eigenvalue weighted by atomic mass is 10.0. The minimum absolute atomic E-state index is 0.224. The number of hydrogen-bond donors (Lipinski definition) is 2. The van der Waals surface area contributed by atoms with Gasteiger partial charge in [-0.1, -0.05) is 34.8 Å². The SMILES string of the molecule is CSC(C)(C)[C@H](N)C(=O)Nc1snnc1-c1ccccc1. The lowest BCUT2D eigenvalue weighted by Crippen LogP contribution is -2.49. The van der Waals surface area contributed by atoms with Crippen LogP contribution in [0.25, 0.3) is 11.3 Å². The van der Waals surface area contributed by atoms with Gasteiger partial charge in [0.1, 0.15) is 10.7 Å². The topological polar surface area (TPSA) is 80.9 Å². The van der Waals surface area contributed by atoms with Gasteiger partial charge >= 0.3 is 0 Å². The molecule has 0 aliphatic carbocycles. The van der Waals surface area contributed by atoms with Crippen LogP contribution >= 0.6 is 23.3 Å². The molecule has 1 atom stereocenters.